The summed E-state index contributed by atoms with van der Waals surface area (Å²) in [5.74, 6) is -2.39. The Morgan fingerprint density at radius 2 is 1.59 bits per heavy atom. The van der Waals surface area contributed by atoms with Crippen molar-refractivity contribution in [3.8, 4) is 11.5 Å². The fraction of sp³-hybridized carbons (Fsp3) is 0.171. The van der Waals surface area contributed by atoms with Crippen LogP contribution in [0.4, 0.5) is 18.9 Å². The number of halogens is 3. The molecule has 0 aliphatic carbocycles. The molecule has 14 heteroatoms. The number of aromatic amines is 1. The van der Waals surface area contributed by atoms with Crippen molar-refractivity contribution < 1.29 is 46.9 Å². The molecule has 0 saturated heterocycles. The number of rotatable bonds is 13. The number of carboxylic acids is 1. The highest BCUT2D eigenvalue weighted by Crippen LogP contribution is 2.35. The number of alkyl halides is 3. The van der Waals surface area contributed by atoms with Crippen LogP contribution in [0.15, 0.2) is 91.3 Å². The number of ketones is 1. The van der Waals surface area contributed by atoms with Crippen molar-refractivity contribution in [2.45, 2.75) is 19.1 Å². The first-order valence-electron chi connectivity index (χ1n) is 14.7. The van der Waals surface area contributed by atoms with Crippen molar-refractivity contribution in [2.75, 3.05) is 25.6 Å². The van der Waals surface area contributed by atoms with Gasteiger partial charge in [0.05, 0.1) is 36.5 Å². The molecular weight excluding hydrogens is 645 g/mol. The van der Waals surface area contributed by atoms with Crippen molar-refractivity contribution >= 4 is 40.3 Å². The van der Waals surface area contributed by atoms with Crippen LogP contribution in [-0.2, 0) is 28.7 Å². The zero-order chi connectivity index (χ0) is 35.1. The highest BCUT2D eigenvalue weighted by Gasteiger charge is 2.34. The third kappa shape index (κ3) is 8.80. The topological polar surface area (TPSA) is 151 Å². The minimum atomic E-state index is -4.69. The second-order valence-corrected chi connectivity index (χ2v) is 10.9. The van der Waals surface area contributed by atoms with Gasteiger partial charge < -0.3 is 29.8 Å². The summed E-state index contributed by atoms with van der Waals surface area (Å²) >= 11 is 0. The molecule has 49 heavy (non-hydrogen) atoms. The molecule has 0 aliphatic rings. The van der Waals surface area contributed by atoms with Gasteiger partial charge in [-0.25, -0.2) is 4.98 Å². The second kappa shape index (κ2) is 14.7. The number of hydrogen-bond acceptors (Lipinski definition) is 7. The Hall–Kier alpha value is -6.18. The first-order valence-corrected chi connectivity index (χ1v) is 14.7. The molecule has 0 spiro atoms. The van der Waals surface area contributed by atoms with E-state index < -0.39 is 42.5 Å². The third-order valence-electron chi connectivity index (χ3n) is 7.41. The fourth-order valence-electron chi connectivity index (χ4n) is 4.97. The average molecular weight is 675 g/mol. The Morgan fingerprint density at radius 3 is 2.27 bits per heavy atom. The van der Waals surface area contributed by atoms with E-state index in [1.54, 1.807) is 42.5 Å². The number of aliphatic carboxylic acids is 1. The van der Waals surface area contributed by atoms with Crippen LogP contribution < -0.4 is 14.8 Å². The minimum Gasteiger partial charge on any atom is -0.497 e. The SMILES string of the molecule is COc1ccc(CC(=O)Nc2ccc(C(=O)N(CC(=O)O)Cc3ccc(OCC(=O)c4ccc5nc[nH]c5c4)cc3)cc2)c(C(F)(F)F)c1. The smallest absolute Gasteiger partial charge is 0.416 e. The fourth-order valence-corrected chi connectivity index (χ4v) is 4.97. The highest BCUT2D eigenvalue weighted by atomic mass is 19.4. The largest absolute Gasteiger partial charge is 0.497 e. The van der Waals surface area contributed by atoms with Crippen LogP contribution in [0.25, 0.3) is 11.0 Å². The van der Waals surface area contributed by atoms with Crippen LogP contribution in [0.1, 0.15) is 37.4 Å². The van der Waals surface area contributed by atoms with Gasteiger partial charge in [-0.2, -0.15) is 13.2 Å². The number of carbonyl (C=O) groups excluding carboxylic acids is 3. The van der Waals surface area contributed by atoms with Gasteiger partial charge in [0.2, 0.25) is 5.91 Å². The molecule has 0 saturated carbocycles. The van der Waals surface area contributed by atoms with Crippen LogP contribution in [-0.4, -0.2) is 63.8 Å². The lowest BCUT2D eigenvalue weighted by Crippen LogP contribution is -2.35. The molecule has 0 unspecified atom stereocenters. The molecule has 0 atom stereocenters. The first-order chi connectivity index (χ1) is 23.4. The number of anilines is 1. The summed E-state index contributed by atoms with van der Waals surface area (Å²) in [5, 5.41) is 12.0. The number of hydrogen-bond donors (Lipinski definition) is 3. The molecule has 252 valence electrons. The van der Waals surface area contributed by atoms with Gasteiger partial charge in [0.1, 0.15) is 18.0 Å². The molecule has 5 rings (SSSR count). The van der Waals surface area contributed by atoms with Crippen molar-refractivity contribution in [3.63, 3.8) is 0 Å². The van der Waals surface area contributed by atoms with Crippen LogP contribution in [0.3, 0.4) is 0 Å². The Bertz CT molecular complexity index is 1990. The van der Waals surface area contributed by atoms with Gasteiger partial charge >= 0.3 is 12.1 Å². The average Bonchev–Trinajstić information content (AvgIpc) is 3.55. The summed E-state index contributed by atoms with van der Waals surface area (Å²) in [6.45, 7) is -0.875. The van der Waals surface area contributed by atoms with Crippen molar-refractivity contribution in [1.82, 2.24) is 14.9 Å². The minimum absolute atomic E-state index is 0.00373. The lowest BCUT2D eigenvalue weighted by atomic mass is 10.0. The van der Waals surface area contributed by atoms with E-state index >= 15 is 0 Å². The number of benzene rings is 4. The first kappa shape index (κ1) is 34.2. The normalized spacial score (nSPS) is 11.2. The molecule has 0 aliphatic heterocycles. The number of Topliss-reactive ketones (excluding diaryl/α,β-unsaturated/α-hetero) is 1. The molecular formula is C35H29F3N4O7. The zero-order valence-electron chi connectivity index (χ0n) is 25.9. The van der Waals surface area contributed by atoms with Crippen LogP contribution in [0.5, 0.6) is 11.5 Å². The zero-order valence-corrected chi connectivity index (χ0v) is 25.9. The van der Waals surface area contributed by atoms with E-state index in [0.29, 0.717) is 16.9 Å². The van der Waals surface area contributed by atoms with Gasteiger partial charge in [0.25, 0.3) is 5.91 Å². The van der Waals surface area contributed by atoms with Gasteiger partial charge in [0.15, 0.2) is 12.4 Å². The van der Waals surface area contributed by atoms with Crippen LogP contribution in [0.2, 0.25) is 0 Å². The molecule has 5 aromatic rings. The standard InChI is InChI=1S/C35H29F3N4O7/c1-48-27-12-6-23(28(16-27)35(36,37)38)15-32(44)41-25-8-4-22(5-9-25)34(47)42(18-33(45)46)17-21-2-10-26(11-3-21)49-19-31(43)24-7-13-29-30(14-24)40-20-39-29/h2-14,16,20H,15,17-19H2,1H3,(H,39,40)(H,41,44)(H,45,46). The van der Waals surface area contributed by atoms with E-state index in [4.69, 9.17) is 9.47 Å². The number of carbonyl (C=O) groups is 4. The lowest BCUT2D eigenvalue weighted by Gasteiger charge is -2.21. The number of methoxy groups -OCH3 is 1. The number of fused-ring (bicyclic) bond motifs is 1. The number of nitrogens with one attached hydrogen (secondary N) is 2. The van der Waals surface area contributed by atoms with Gasteiger partial charge in [-0.15, -0.1) is 0 Å². The maximum atomic E-state index is 13.5. The number of carboxylic acid groups (broad SMARTS) is 1. The molecule has 1 heterocycles. The quantitative estimate of drug-likeness (QED) is 0.134. The van der Waals surface area contributed by atoms with E-state index in [1.807, 2.05) is 0 Å². The molecule has 0 fully saturated rings. The van der Waals surface area contributed by atoms with Crippen molar-refractivity contribution in [2.24, 2.45) is 0 Å². The Morgan fingerprint density at radius 1 is 0.898 bits per heavy atom. The van der Waals surface area contributed by atoms with Crippen LogP contribution >= 0.6 is 0 Å². The summed E-state index contributed by atoms with van der Waals surface area (Å²) in [4.78, 5) is 58.2. The van der Waals surface area contributed by atoms with E-state index in [0.717, 1.165) is 22.0 Å². The van der Waals surface area contributed by atoms with Gasteiger partial charge in [-0.3, -0.25) is 19.2 Å². The van der Waals surface area contributed by atoms with E-state index in [-0.39, 0.29) is 41.5 Å². The Kier molecular flexibility index (Phi) is 10.3. The van der Waals surface area contributed by atoms with E-state index in [9.17, 15) is 37.5 Å². The maximum absolute atomic E-state index is 13.5. The molecule has 0 bridgehead atoms. The summed E-state index contributed by atoms with van der Waals surface area (Å²) in [5.41, 5.74) is 1.64. The molecule has 1 aromatic heterocycles. The van der Waals surface area contributed by atoms with E-state index in [1.165, 1.54) is 49.8 Å². The number of nitrogens with zero attached hydrogens (tertiary/aromatic N) is 2. The summed E-state index contributed by atoms with van der Waals surface area (Å²) in [6.07, 6.45) is -3.72. The highest BCUT2D eigenvalue weighted by molar-refractivity contribution is 6.00. The summed E-state index contributed by atoms with van der Waals surface area (Å²) in [7, 11) is 1.24. The van der Waals surface area contributed by atoms with Crippen LogP contribution in [0, 0.1) is 0 Å². The summed E-state index contributed by atoms with van der Waals surface area (Å²) in [6, 6.07) is 20.4. The molecule has 3 N–H and O–H groups in total. The van der Waals surface area contributed by atoms with Gasteiger partial charge in [-0.1, -0.05) is 18.2 Å². The number of aromatic nitrogens is 2. The number of H-pyrrole nitrogens is 1. The van der Waals surface area contributed by atoms with E-state index in [2.05, 4.69) is 15.3 Å². The molecule has 11 nitrogen and oxygen atoms in total. The number of amides is 2. The predicted octanol–water partition coefficient (Wildman–Crippen LogP) is 5.76. The monoisotopic (exact) mass is 674 g/mol. The molecule has 0 radical (unpaired) electrons. The maximum Gasteiger partial charge on any atom is 0.416 e. The summed E-state index contributed by atoms with van der Waals surface area (Å²) < 4.78 is 51.1. The van der Waals surface area contributed by atoms with Gasteiger partial charge in [-0.05, 0) is 77.9 Å². The molecule has 4 aromatic carbocycles. The Balaban J connectivity index is 1.18. The Labute approximate surface area is 277 Å². The lowest BCUT2D eigenvalue weighted by molar-refractivity contribution is -0.139. The number of ether oxygens (including phenoxy) is 2. The third-order valence-corrected chi connectivity index (χ3v) is 7.41. The van der Waals surface area contributed by atoms with Gasteiger partial charge in [0, 0.05) is 23.4 Å². The number of imidazole rings is 1. The van der Waals surface area contributed by atoms with Crippen molar-refractivity contribution in [3.05, 3.63) is 119 Å². The predicted molar refractivity (Wildman–Crippen MR) is 172 cm³/mol. The van der Waals surface area contributed by atoms with Crippen molar-refractivity contribution in [1.29, 1.82) is 0 Å². The molecule has 2 amide bonds. The second-order valence-electron chi connectivity index (χ2n) is 10.9.